The average Bonchev–Trinajstić information content (AvgIpc) is 2.43. The van der Waals surface area contributed by atoms with Crippen molar-refractivity contribution in [1.29, 1.82) is 0 Å². The van der Waals surface area contributed by atoms with Crippen LogP contribution in [0.1, 0.15) is 25.8 Å². The number of aliphatic hydroxyl groups is 1. The van der Waals surface area contributed by atoms with Gasteiger partial charge in [-0.3, -0.25) is 0 Å². The molecule has 0 radical (unpaired) electrons. The summed E-state index contributed by atoms with van der Waals surface area (Å²) in [5.41, 5.74) is 1.83. The van der Waals surface area contributed by atoms with E-state index in [1.54, 1.807) is 18.9 Å². The van der Waals surface area contributed by atoms with Gasteiger partial charge in [-0.1, -0.05) is 12.1 Å². The second-order valence-corrected chi connectivity index (χ2v) is 4.82. The molecule has 0 saturated carbocycles. The number of hydrogen-bond acceptors (Lipinski definition) is 3. The van der Waals surface area contributed by atoms with E-state index < -0.39 is 6.10 Å². The maximum Gasteiger partial charge on any atom is 0.321 e. The highest BCUT2D eigenvalue weighted by molar-refractivity contribution is 5.89. The summed E-state index contributed by atoms with van der Waals surface area (Å²) < 4.78 is 5.31. The number of carbonyl (C=O) groups is 1. The SMILES string of the molecule is CCOCc1ccc(NC(=O)N(C)CCC(C)O)cc1. The van der Waals surface area contributed by atoms with Gasteiger partial charge in [-0.25, -0.2) is 4.79 Å². The summed E-state index contributed by atoms with van der Waals surface area (Å²) in [6.45, 7) is 5.46. The first-order chi connectivity index (χ1) is 9.52. The minimum atomic E-state index is -0.400. The van der Waals surface area contributed by atoms with Crippen molar-refractivity contribution in [3.05, 3.63) is 29.8 Å². The second-order valence-electron chi connectivity index (χ2n) is 4.82. The van der Waals surface area contributed by atoms with Gasteiger partial charge in [0.25, 0.3) is 0 Å². The number of amides is 2. The van der Waals surface area contributed by atoms with Crippen LogP contribution in [0.25, 0.3) is 0 Å². The molecule has 2 N–H and O–H groups in total. The Kier molecular flexibility index (Phi) is 7.04. The molecule has 0 saturated heterocycles. The molecule has 0 heterocycles. The minimum absolute atomic E-state index is 0.178. The molecule has 0 aliphatic heterocycles. The minimum Gasteiger partial charge on any atom is -0.393 e. The lowest BCUT2D eigenvalue weighted by Crippen LogP contribution is -2.33. The van der Waals surface area contributed by atoms with Crippen molar-refractivity contribution in [2.75, 3.05) is 25.5 Å². The van der Waals surface area contributed by atoms with E-state index in [-0.39, 0.29) is 6.03 Å². The first kappa shape index (κ1) is 16.5. The maximum atomic E-state index is 11.9. The molecule has 20 heavy (non-hydrogen) atoms. The summed E-state index contributed by atoms with van der Waals surface area (Å²) in [5, 5.41) is 12.0. The summed E-state index contributed by atoms with van der Waals surface area (Å²) in [6.07, 6.45) is 0.167. The fraction of sp³-hybridized carbons (Fsp3) is 0.533. The van der Waals surface area contributed by atoms with Crippen LogP contribution in [0, 0.1) is 0 Å². The molecule has 0 aliphatic rings. The van der Waals surface area contributed by atoms with Gasteiger partial charge in [0.15, 0.2) is 0 Å². The van der Waals surface area contributed by atoms with Gasteiger partial charge in [0.2, 0.25) is 0 Å². The van der Waals surface area contributed by atoms with Crippen molar-refractivity contribution in [3.8, 4) is 0 Å². The Hall–Kier alpha value is -1.59. The number of ether oxygens (including phenoxy) is 1. The first-order valence-electron chi connectivity index (χ1n) is 6.89. The number of aliphatic hydroxyl groups excluding tert-OH is 1. The molecule has 112 valence electrons. The molecule has 2 amide bonds. The average molecular weight is 280 g/mol. The summed E-state index contributed by atoms with van der Waals surface area (Å²) >= 11 is 0. The van der Waals surface area contributed by atoms with E-state index in [9.17, 15) is 9.90 Å². The van der Waals surface area contributed by atoms with Crippen molar-refractivity contribution >= 4 is 11.7 Å². The van der Waals surface area contributed by atoms with Gasteiger partial charge in [-0.05, 0) is 38.0 Å². The molecule has 0 aliphatic carbocycles. The molecule has 1 atom stereocenters. The van der Waals surface area contributed by atoms with Crippen LogP contribution in [-0.4, -0.2) is 42.3 Å². The normalized spacial score (nSPS) is 12.0. The van der Waals surface area contributed by atoms with Crippen LogP contribution in [0.15, 0.2) is 24.3 Å². The van der Waals surface area contributed by atoms with Gasteiger partial charge < -0.3 is 20.1 Å². The fourth-order valence-electron chi connectivity index (χ4n) is 1.61. The molecule has 5 nitrogen and oxygen atoms in total. The van der Waals surface area contributed by atoms with Crippen molar-refractivity contribution in [2.45, 2.75) is 33.0 Å². The van der Waals surface area contributed by atoms with Crippen molar-refractivity contribution < 1.29 is 14.6 Å². The van der Waals surface area contributed by atoms with Gasteiger partial charge in [0.1, 0.15) is 0 Å². The molecule has 0 fully saturated rings. The molecule has 1 aromatic carbocycles. The molecule has 0 spiro atoms. The highest BCUT2D eigenvalue weighted by Crippen LogP contribution is 2.11. The zero-order valence-electron chi connectivity index (χ0n) is 12.4. The van der Waals surface area contributed by atoms with Crippen LogP contribution < -0.4 is 5.32 Å². The Morgan fingerprint density at radius 3 is 2.60 bits per heavy atom. The predicted octanol–water partition coefficient (Wildman–Crippen LogP) is 2.46. The number of benzene rings is 1. The summed E-state index contributed by atoms with van der Waals surface area (Å²) in [4.78, 5) is 13.4. The summed E-state index contributed by atoms with van der Waals surface area (Å²) in [7, 11) is 1.71. The molecule has 0 aromatic heterocycles. The van der Waals surface area contributed by atoms with Crippen LogP contribution in [0.4, 0.5) is 10.5 Å². The molecule has 5 heteroatoms. The van der Waals surface area contributed by atoms with Crippen LogP contribution >= 0.6 is 0 Å². The zero-order valence-corrected chi connectivity index (χ0v) is 12.4. The van der Waals surface area contributed by atoms with E-state index in [4.69, 9.17) is 4.74 Å². The lowest BCUT2D eigenvalue weighted by Gasteiger charge is -2.18. The monoisotopic (exact) mass is 280 g/mol. The van der Waals surface area contributed by atoms with Gasteiger partial charge in [0, 0.05) is 25.9 Å². The third-order valence-corrected chi connectivity index (χ3v) is 2.91. The Labute approximate surface area is 120 Å². The van der Waals surface area contributed by atoms with E-state index in [1.165, 1.54) is 0 Å². The number of carbonyl (C=O) groups excluding carboxylic acids is 1. The summed E-state index contributed by atoms with van der Waals surface area (Å²) in [6, 6.07) is 7.40. The Balaban J connectivity index is 2.45. The van der Waals surface area contributed by atoms with E-state index >= 15 is 0 Å². The van der Waals surface area contributed by atoms with Gasteiger partial charge in [-0.2, -0.15) is 0 Å². The number of hydrogen-bond donors (Lipinski definition) is 2. The number of anilines is 1. The molecule has 1 rings (SSSR count). The number of nitrogens with zero attached hydrogens (tertiary/aromatic N) is 1. The highest BCUT2D eigenvalue weighted by Gasteiger charge is 2.09. The first-order valence-corrected chi connectivity index (χ1v) is 6.89. The van der Waals surface area contributed by atoms with Gasteiger partial charge in [0.05, 0.1) is 12.7 Å². The quantitative estimate of drug-likeness (QED) is 0.806. The molecule has 1 aromatic rings. The fourth-order valence-corrected chi connectivity index (χ4v) is 1.61. The Bertz CT molecular complexity index is 404. The summed E-state index contributed by atoms with van der Waals surface area (Å²) in [5.74, 6) is 0. The lowest BCUT2D eigenvalue weighted by molar-refractivity contribution is 0.134. The topological polar surface area (TPSA) is 61.8 Å². The predicted molar refractivity (Wildman–Crippen MR) is 79.7 cm³/mol. The standard InChI is InChI=1S/C15H24N2O3/c1-4-20-11-13-5-7-14(8-6-13)16-15(19)17(3)10-9-12(2)18/h5-8,12,18H,4,9-11H2,1-3H3,(H,16,19). The van der Waals surface area contributed by atoms with Crippen LogP contribution in [-0.2, 0) is 11.3 Å². The largest absolute Gasteiger partial charge is 0.393 e. The highest BCUT2D eigenvalue weighted by atomic mass is 16.5. The van der Waals surface area contributed by atoms with Crippen LogP contribution in [0.3, 0.4) is 0 Å². The molecule has 1 unspecified atom stereocenters. The number of rotatable bonds is 7. The van der Waals surface area contributed by atoms with E-state index in [0.29, 0.717) is 26.2 Å². The van der Waals surface area contributed by atoms with E-state index in [0.717, 1.165) is 11.3 Å². The van der Waals surface area contributed by atoms with Gasteiger partial charge >= 0.3 is 6.03 Å². The molecular weight excluding hydrogens is 256 g/mol. The number of urea groups is 1. The van der Waals surface area contributed by atoms with Crippen molar-refractivity contribution in [1.82, 2.24) is 4.90 Å². The third kappa shape index (κ3) is 6.04. The van der Waals surface area contributed by atoms with Crippen molar-refractivity contribution in [3.63, 3.8) is 0 Å². The molecule has 0 bridgehead atoms. The third-order valence-electron chi connectivity index (χ3n) is 2.91. The van der Waals surface area contributed by atoms with Crippen LogP contribution in [0.5, 0.6) is 0 Å². The lowest BCUT2D eigenvalue weighted by atomic mass is 10.2. The van der Waals surface area contributed by atoms with Crippen LogP contribution in [0.2, 0.25) is 0 Å². The smallest absolute Gasteiger partial charge is 0.321 e. The second kappa shape index (κ2) is 8.55. The zero-order chi connectivity index (χ0) is 15.0. The van der Waals surface area contributed by atoms with E-state index in [1.807, 2.05) is 31.2 Å². The van der Waals surface area contributed by atoms with Gasteiger partial charge in [-0.15, -0.1) is 0 Å². The number of nitrogens with one attached hydrogen (secondary N) is 1. The van der Waals surface area contributed by atoms with E-state index in [2.05, 4.69) is 5.32 Å². The Morgan fingerprint density at radius 1 is 1.40 bits per heavy atom. The maximum absolute atomic E-state index is 11.9. The Morgan fingerprint density at radius 2 is 2.05 bits per heavy atom. The van der Waals surface area contributed by atoms with Crippen molar-refractivity contribution in [2.24, 2.45) is 0 Å². The molecular formula is C15H24N2O3.